The number of likely N-dealkylation sites (N-methyl/N-ethyl adjacent to an activating group) is 1. The van der Waals surface area contributed by atoms with Crippen molar-refractivity contribution in [3.63, 3.8) is 0 Å². The summed E-state index contributed by atoms with van der Waals surface area (Å²) in [4.78, 5) is 20.3. The smallest absolute Gasteiger partial charge is 0.236 e. The van der Waals surface area contributed by atoms with Gasteiger partial charge in [-0.25, -0.2) is 0 Å². The molecule has 0 radical (unpaired) electrons. The predicted octanol–water partition coefficient (Wildman–Crippen LogP) is -0.0548. The Balaban J connectivity index is 1.78. The van der Waals surface area contributed by atoms with E-state index in [1.807, 2.05) is 29.3 Å². The Hall–Kier alpha value is -1.46. The van der Waals surface area contributed by atoms with Crippen molar-refractivity contribution < 1.29 is 4.79 Å². The van der Waals surface area contributed by atoms with Crippen molar-refractivity contribution in [3.8, 4) is 0 Å². The minimum absolute atomic E-state index is 0.190. The Morgan fingerprint density at radius 1 is 1.33 bits per heavy atom. The molecule has 0 aliphatic carbocycles. The molecule has 0 bridgehead atoms. The van der Waals surface area contributed by atoms with Gasteiger partial charge in [-0.2, -0.15) is 0 Å². The van der Waals surface area contributed by atoms with Gasteiger partial charge in [0.05, 0.1) is 12.2 Å². The van der Waals surface area contributed by atoms with E-state index in [2.05, 4.69) is 15.2 Å². The highest BCUT2D eigenvalue weighted by Gasteiger charge is 2.20. The third-order valence-electron chi connectivity index (χ3n) is 3.16. The average molecular weight is 248 g/mol. The molecule has 2 heterocycles. The molecule has 1 aliphatic heterocycles. The number of piperazine rings is 1. The molecule has 2 rings (SSSR count). The summed E-state index contributed by atoms with van der Waals surface area (Å²) in [6, 6.07) is 5.98. The molecule has 1 fully saturated rings. The number of aromatic nitrogens is 1. The number of rotatable bonds is 4. The Bertz CT molecular complexity index is 374. The summed E-state index contributed by atoms with van der Waals surface area (Å²) >= 11 is 0. The van der Waals surface area contributed by atoms with Crippen molar-refractivity contribution >= 4 is 5.91 Å². The van der Waals surface area contributed by atoms with Crippen molar-refractivity contribution in [2.45, 2.75) is 6.54 Å². The van der Waals surface area contributed by atoms with Gasteiger partial charge in [-0.1, -0.05) is 6.07 Å². The van der Waals surface area contributed by atoms with Gasteiger partial charge in [-0.3, -0.25) is 14.7 Å². The maximum Gasteiger partial charge on any atom is 0.236 e. The van der Waals surface area contributed by atoms with Gasteiger partial charge in [-0.05, 0) is 19.2 Å². The van der Waals surface area contributed by atoms with E-state index in [0.717, 1.165) is 38.4 Å². The maximum absolute atomic E-state index is 11.7. The molecule has 5 nitrogen and oxygen atoms in total. The van der Waals surface area contributed by atoms with Crippen molar-refractivity contribution in [2.24, 2.45) is 0 Å². The van der Waals surface area contributed by atoms with Crippen LogP contribution >= 0.6 is 0 Å². The number of amides is 1. The van der Waals surface area contributed by atoms with E-state index in [1.165, 1.54) is 0 Å². The lowest BCUT2D eigenvalue weighted by molar-refractivity contribution is -0.131. The summed E-state index contributed by atoms with van der Waals surface area (Å²) in [7, 11) is 1.80. The highest BCUT2D eigenvalue weighted by Crippen LogP contribution is 2.06. The van der Waals surface area contributed by atoms with Crippen molar-refractivity contribution in [1.29, 1.82) is 0 Å². The van der Waals surface area contributed by atoms with Crippen LogP contribution in [0.2, 0.25) is 0 Å². The van der Waals surface area contributed by atoms with Crippen LogP contribution in [0, 0.1) is 0 Å². The molecular formula is C13H20N4O. The highest BCUT2D eigenvalue weighted by molar-refractivity contribution is 5.78. The van der Waals surface area contributed by atoms with E-state index in [-0.39, 0.29) is 5.91 Å². The monoisotopic (exact) mass is 248 g/mol. The first kappa shape index (κ1) is 13.0. The van der Waals surface area contributed by atoms with Gasteiger partial charge in [-0.15, -0.1) is 0 Å². The van der Waals surface area contributed by atoms with Crippen LogP contribution in [0.5, 0.6) is 0 Å². The topological polar surface area (TPSA) is 48.5 Å². The maximum atomic E-state index is 11.7. The molecule has 1 N–H and O–H groups in total. The second kappa shape index (κ2) is 6.47. The van der Waals surface area contributed by atoms with Gasteiger partial charge < -0.3 is 10.2 Å². The third-order valence-corrected chi connectivity index (χ3v) is 3.16. The second-order valence-electron chi connectivity index (χ2n) is 4.51. The van der Waals surface area contributed by atoms with Crippen LogP contribution in [0.3, 0.4) is 0 Å². The largest absolute Gasteiger partial charge is 0.339 e. The van der Waals surface area contributed by atoms with Gasteiger partial charge in [0.15, 0.2) is 0 Å². The fourth-order valence-electron chi connectivity index (χ4n) is 2.14. The lowest BCUT2D eigenvalue weighted by Crippen LogP contribution is -2.50. The van der Waals surface area contributed by atoms with E-state index in [1.54, 1.807) is 7.05 Å². The first-order valence-corrected chi connectivity index (χ1v) is 6.34. The van der Waals surface area contributed by atoms with Gasteiger partial charge in [0.1, 0.15) is 0 Å². The molecule has 1 aliphatic rings. The molecule has 1 amide bonds. The number of hydrogen-bond acceptors (Lipinski definition) is 4. The number of carbonyl (C=O) groups excluding carboxylic acids is 1. The molecule has 0 atom stereocenters. The molecule has 98 valence electrons. The molecular weight excluding hydrogens is 228 g/mol. The van der Waals surface area contributed by atoms with E-state index >= 15 is 0 Å². The first-order chi connectivity index (χ1) is 8.79. The quantitative estimate of drug-likeness (QED) is 0.811. The van der Waals surface area contributed by atoms with Crippen molar-refractivity contribution in [3.05, 3.63) is 30.1 Å². The van der Waals surface area contributed by atoms with Gasteiger partial charge in [0, 0.05) is 38.9 Å². The van der Waals surface area contributed by atoms with E-state index < -0.39 is 0 Å². The highest BCUT2D eigenvalue weighted by atomic mass is 16.2. The minimum atomic E-state index is 0.190. The number of pyridine rings is 1. The zero-order valence-electron chi connectivity index (χ0n) is 10.8. The standard InChI is InChI=1S/C13H20N4O/c1-14-10-13(18)17-8-6-16(7-9-17)11-12-4-2-3-5-15-12/h2-5,14H,6-11H2,1H3. The summed E-state index contributed by atoms with van der Waals surface area (Å²) in [5, 5.41) is 2.90. The molecule has 18 heavy (non-hydrogen) atoms. The molecule has 1 aromatic heterocycles. The normalized spacial score (nSPS) is 16.8. The van der Waals surface area contributed by atoms with Crippen LogP contribution < -0.4 is 5.32 Å². The number of carbonyl (C=O) groups is 1. The third kappa shape index (κ3) is 3.51. The summed E-state index contributed by atoms with van der Waals surface area (Å²) < 4.78 is 0. The van der Waals surface area contributed by atoms with Crippen molar-refractivity contribution in [1.82, 2.24) is 20.1 Å². The number of hydrogen-bond donors (Lipinski definition) is 1. The SMILES string of the molecule is CNCC(=O)N1CCN(Cc2ccccn2)CC1. The zero-order chi connectivity index (χ0) is 12.8. The predicted molar refractivity (Wildman–Crippen MR) is 70.0 cm³/mol. The molecule has 0 saturated carbocycles. The zero-order valence-corrected chi connectivity index (χ0v) is 10.8. The molecule has 1 saturated heterocycles. The van der Waals surface area contributed by atoms with Gasteiger partial charge in [0.25, 0.3) is 0 Å². The average Bonchev–Trinajstić information content (AvgIpc) is 2.41. The van der Waals surface area contributed by atoms with Crippen LogP contribution in [-0.4, -0.2) is 60.5 Å². The van der Waals surface area contributed by atoms with E-state index in [0.29, 0.717) is 6.54 Å². The molecule has 5 heteroatoms. The number of nitrogens with zero attached hydrogens (tertiary/aromatic N) is 3. The van der Waals surface area contributed by atoms with Crippen LogP contribution in [0.4, 0.5) is 0 Å². The van der Waals surface area contributed by atoms with Crippen LogP contribution in [-0.2, 0) is 11.3 Å². The molecule has 0 aromatic carbocycles. The molecule has 1 aromatic rings. The second-order valence-corrected chi connectivity index (χ2v) is 4.51. The Morgan fingerprint density at radius 2 is 2.11 bits per heavy atom. The molecule has 0 unspecified atom stereocenters. The van der Waals surface area contributed by atoms with Gasteiger partial charge >= 0.3 is 0 Å². The first-order valence-electron chi connectivity index (χ1n) is 6.34. The minimum Gasteiger partial charge on any atom is -0.339 e. The van der Waals surface area contributed by atoms with Crippen molar-refractivity contribution in [2.75, 3.05) is 39.8 Å². The number of nitrogens with one attached hydrogen (secondary N) is 1. The summed E-state index contributed by atoms with van der Waals surface area (Å²) in [6.45, 7) is 4.77. The fourth-order valence-corrected chi connectivity index (χ4v) is 2.14. The Labute approximate surface area is 108 Å². The van der Waals surface area contributed by atoms with Crippen LogP contribution in [0.1, 0.15) is 5.69 Å². The van der Waals surface area contributed by atoms with E-state index in [9.17, 15) is 4.79 Å². The van der Waals surface area contributed by atoms with Crippen LogP contribution in [0.15, 0.2) is 24.4 Å². The summed E-state index contributed by atoms with van der Waals surface area (Å²) in [5.74, 6) is 0.190. The Morgan fingerprint density at radius 3 is 2.72 bits per heavy atom. The molecule has 0 spiro atoms. The lowest BCUT2D eigenvalue weighted by Gasteiger charge is -2.34. The summed E-state index contributed by atoms with van der Waals surface area (Å²) in [6.07, 6.45) is 1.82. The lowest BCUT2D eigenvalue weighted by atomic mass is 10.2. The van der Waals surface area contributed by atoms with Crippen LogP contribution in [0.25, 0.3) is 0 Å². The fraction of sp³-hybridized carbons (Fsp3) is 0.538. The van der Waals surface area contributed by atoms with Gasteiger partial charge in [0.2, 0.25) is 5.91 Å². The Kier molecular flexibility index (Phi) is 4.66. The van der Waals surface area contributed by atoms with E-state index in [4.69, 9.17) is 0 Å². The summed E-state index contributed by atoms with van der Waals surface area (Å²) in [5.41, 5.74) is 1.09.